The van der Waals surface area contributed by atoms with Gasteiger partial charge >= 0.3 is 5.97 Å². The van der Waals surface area contributed by atoms with Gasteiger partial charge in [0, 0.05) is 0 Å². The molecule has 2 N–H and O–H groups in total. The first-order chi connectivity index (χ1) is 7.49. The molecule has 0 atom stereocenters. The Bertz CT molecular complexity index is 501. The van der Waals surface area contributed by atoms with E-state index in [1.165, 1.54) is 11.3 Å². The van der Waals surface area contributed by atoms with Crippen molar-refractivity contribution in [2.45, 2.75) is 19.4 Å². The second-order valence-electron chi connectivity index (χ2n) is 4.04. The Morgan fingerprint density at radius 3 is 2.75 bits per heavy atom. The number of carboxylic acids is 1. The molecule has 0 saturated heterocycles. The van der Waals surface area contributed by atoms with E-state index in [1.54, 1.807) is 13.8 Å². The standard InChI is InChI=1S/C11H12N2O2S/c1-11(2,9(14)15)13-10-12-7-5-3-4-6-8(7)16-10/h3-6H,1-2H3,(H,12,13)(H,14,15). The van der Waals surface area contributed by atoms with Gasteiger partial charge in [-0.25, -0.2) is 9.78 Å². The lowest BCUT2D eigenvalue weighted by atomic mass is 10.1. The normalized spacial score (nSPS) is 11.6. The Morgan fingerprint density at radius 2 is 2.12 bits per heavy atom. The molecule has 0 aliphatic carbocycles. The lowest BCUT2D eigenvalue weighted by Crippen LogP contribution is -2.39. The van der Waals surface area contributed by atoms with Gasteiger partial charge in [0.1, 0.15) is 5.54 Å². The molecule has 16 heavy (non-hydrogen) atoms. The van der Waals surface area contributed by atoms with Gasteiger partial charge in [-0.3, -0.25) is 0 Å². The zero-order chi connectivity index (χ0) is 11.8. The van der Waals surface area contributed by atoms with Crippen molar-refractivity contribution in [1.29, 1.82) is 0 Å². The van der Waals surface area contributed by atoms with Crippen LogP contribution in [0.4, 0.5) is 5.13 Å². The van der Waals surface area contributed by atoms with Crippen LogP contribution in [-0.2, 0) is 4.79 Å². The van der Waals surface area contributed by atoms with Gasteiger partial charge < -0.3 is 10.4 Å². The molecule has 1 aromatic heterocycles. The summed E-state index contributed by atoms with van der Waals surface area (Å²) in [5, 5.41) is 12.5. The molecule has 0 amide bonds. The number of carboxylic acid groups (broad SMARTS) is 1. The SMILES string of the molecule is CC(C)(Nc1nc2ccccc2s1)C(=O)O. The maximum absolute atomic E-state index is 11.0. The first-order valence-corrected chi connectivity index (χ1v) is 5.68. The van der Waals surface area contributed by atoms with Crippen molar-refractivity contribution in [3.63, 3.8) is 0 Å². The third-order valence-corrected chi connectivity index (χ3v) is 3.20. The Hall–Kier alpha value is -1.62. The number of thiazole rings is 1. The molecule has 84 valence electrons. The first-order valence-electron chi connectivity index (χ1n) is 4.86. The van der Waals surface area contributed by atoms with Crippen molar-refractivity contribution in [2.75, 3.05) is 5.32 Å². The molecule has 0 unspecified atom stereocenters. The van der Waals surface area contributed by atoms with Crippen LogP contribution in [-0.4, -0.2) is 21.6 Å². The van der Waals surface area contributed by atoms with E-state index >= 15 is 0 Å². The Morgan fingerprint density at radius 1 is 1.44 bits per heavy atom. The third-order valence-electron chi connectivity index (χ3n) is 2.25. The molecule has 0 radical (unpaired) electrons. The number of anilines is 1. The predicted molar refractivity (Wildman–Crippen MR) is 65.0 cm³/mol. The first kappa shape index (κ1) is 10.9. The zero-order valence-electron chi connectivity index (χ0n) is 9.02. The van der Waals surface area contributed by atoms with Crippen molar-refractivity contribution in [1.82, 2.24) is 4.98 Å². The highest BCUT2D eigenvalue weighted by Crippen LogP contribution is 2.27. The summed E-state index contributed by atoms with van der Waals surface area (Å²) in [5.41, 5.74) is -0.121. The van der Waals surface area contributed by atoms with E-state index in [4.69, 9.17) is 5.11 Å². The van der Waals surface area contributed by atoms with Crippen LogP contribution in [0.1, 0.15) is 13.8 Å². The second kappa shape index (κ2) is 3.75. The van der Waals surface area contributed by atoms with Crippen molar-refractivity contribution in [3.05, 3.63) is 24.3 Å². The van der Waals surface area contributed by atoms with Crippen LogP contribution in [0.25, 0.3) is 10.2 Å². The van der Waals surface area contributed by atoms with Crippen LogP contribution in [0.15, 0.2) is 24.3 Å². The van der Waals surface area contributed by atoms with Crippen LogP contribution in [0.3, 0.4) is 0 Å². The Labute approximate surface area is 96.9 Å². The molecule has 2 rings (SSSR count). The fourth-order valence-electron chi connectivity index (χ4n) is 1.25. The van der Waals surface area contributed by atoms with Gasteiger partial charge in [-0.1, -0.05) is 23.5 Å². The molecule has 0 aliphatic heterocycles. The van der Waals surface area contributed by atoms with Crippen molar-refractivity contribution >= 4 is 32.7 Å². The van der Waals surface area contributed by atoms with Crippen LogP contribution in [0.5, 0.6) is 0 Å². The van der Waals surface area contributed by atoms with Gasteiger partial charge in [-0.2, -0.15) is 0 Å². The summed E-state index contributed by atoms with van der Waals surface area (Å²) in [7, 11) is 0. The molecule has 2 aromatic rings. The zero-order valence-corrected chi connectivity index (χ0v) is 9.84. The summed E-state index contributed by atoms with van der Waals surface area (Å²) < 4.78 is 1.05. The van der Waals surface area contributed by atoms with E-state index in [0.717, 1.165) is 10.2 Å². The average molecular weight is 236 g/mol. The fourth-order valence-corrected chi connectivity index (χ4v) is 2.27. The topological polar surface area (TPSA) is 62.2 Å². The van der Waals surface area contributed by atoms with Gasteiger partial charge in [0.05, 0.1) is 10.2 Å². The summed E-state index contributed by atoms with van der Waals surface area (Å²) in [4.78, 5) is 15.3. The molecule has 1 aromatic carbocycles. The summed E-state index contributed by atoms with van der Waals surface area (Å²) in [5.74, 6) is -0.897. The number of aromatic nitrogens is 1. The van der Waals surface area contributed by atoms with Gasteiger partial charge in [0.15, 0.2) is 5.13 Å². The number of carbonyl (C=O) groups is 1. The number of aliphatic carboxylic acids is 1. The number of rotatable bonds is 3. The number of hydrogen-bond acceptors (Lipinski definition) is 4. The maximum Gasteiger partial charge on any atom is 0.328 e. The van der Waals surface area contributed by atoms with Gasteiger partial charge in [0.2, 0.25) is 0 Å². The van der Waals surface area contributed by atoms with Crippen molar-refractivity contribution < 1.29 is 9.90 Å². The molecule has 0 bridgehead atoms. The lowest BCUT2D eigenvalue weighted by Gasteiger charge is -2.19. The Kier molecular flexibility index (Phi) is 2.55. The number of fused-ring (bicyclic) bond motifs is 1. The molecule has 0 spiro atoms. The summed E-state index contributed by atoms with van der Waals surface area (Å²) in [6.45, 7) is 3.22. The lowest BCUT2D eigenvalue weighted by molar-refractivity contribution is -0.141. The minimum atomic E-state index is -1.01. The molecular formula is C11H12N2O2S. The van der Waals surface area contributed by atoms with Crippen molar-refractivity contribution in [3.8, 4) is 0 Å². The fraction of sp³-hybridized carbons (Fsp3) is 0.273. The Balaban J connectivity index is 2.32. The molecule has 0 fully saturated rings. The minimum Gasteiger partial charge on any atom is -0.480 e. The molecule has 1 heterocycles. The van der Waals surface area contributed by atoms with Crippen LogP contribution in [0, 0.1) is 0 Å². The smallest absolute Gasteiger partial charge is 0.328 e. The maximum atomic E-state index is 11.0. The van der Waals surface area contributed by atoms with Gasteiger partial charge in [-0.15, -0.1) is 0 Å². The van der Waals surface area contributed by atoms with E-state index in [0.29, 0.717) is 5.13 Å². The van der Waals surface area contributed by atoms with E-state index < -0.39 is 11.5 Å². The predicted octanol–water partition coefficient (Wildman–Crippen LogP) is 2.57. The highest BCUT2D eigenvalue weighted by molar-refractivity contribution is 7.22. The van der Waals surface area contributed by atoms with Gasteiger partial charge in [0.25, 0.3) is 0 Å². The number of hydrogen-bond donors (Lipinski definition) is 2. The molecule has 0 saturated carbocycles. The molecular weight excluding hydrogens is 224 g/mol. The number of nitrogens with one attached hydrogen (secondary N) is 1. The summed E-state index contributed by atoms with van der Waals surface area (Å²) >= 11 is 1.46. The molecule has 5 heteroatoms. The number of nitrogens with zero attached hydrogens (tertiary/aromatic N) is 1. The highest BCUT2D eigenvalue weighted by atomic mass is 32.1. The summed E-state index contributed by atoms with van der Waals surface area (Å²) in [6.07, 6.45) is 0. The van der Waals surface area contributed by atoms with E-state index in [1.807, 2.05) is 24.3 Å². The van der Waals surface area contributed by atoms with E-state index in [9.17, 15) is 4.79 Å². The number of benzene rings is 1. The summed E-state index contributed by atoms with van der Waals surface area (Å²) in [6, 6.07) is 7.72. The highest BCUT2D eigenvalue weighted by Gasteiger charge is 2.27. The third kappa shape index (κ3) is 1.99. The minimum absolute atomic E-state index is 0.633. The quantitative estimate of drug-likeness (QED) is 0.859. The number of para-hydroxylation sites is 1. The second-order valence-corrected chi connectivity index (χ2v) is 5.07. The van der Waals surface area contributed by atoms with Crippen molar-refractivity contribution in [2.24, 2.45) is 0 Å². The largest absolute Gasteiger partial charge is 0.480 e. The van der Waals surface area contributed by atoms with E-state index in [2.05, 4.69) is 10.3 Å². The van der Waals surface area contributed by atoms with Crippen LogP contribution >= 0.6 is 11.3 Å². The van der Waals surface area contributed by atoms with Gasteiger partial charge in [-0.05, 0) is 26.0 Å². The molecule has 4 nitrogen and oxygen atoms in total. The van der Waals surface area contributed by atoms with Crippen LogP contribution in [0.2, 0.25) is 0 Å². The molecule has 0 aliphatic rings. The van der Waals surface area contributed by atoms with E-state index in [-0.39, 0.29) is 0 Å². The average Bonchev–Trinajstić information content (AvgIpc) is 2.58. The monoisotopic (exact) mass is 236 g/mol. The van der Waals surface area contributed by atoms with Crippen LogP contribution < -0.4 is 5.32 Å².